The molecule has 0 saturated heterocycles. The van der Waals surface area contributed by atoms with Crippen LogP contribution in [0.2, 0.25) is 0 Å². The zero-order chi connectivity index (χ0) is 34.6. The van der Waals surface area contributed by atoms with Crippen LogP contribution in [0.15, 0.2) is 174 Å². The summed E-state index contributed by atoms with van der Waals surface area (Å²) in [6.45, 7) is 0. The van der Waals surface area contributed by atoms with E-state index >= 15 is 0 Å². The van der Waals surface area contributed by atoms with Gasteiger partial charge in [-0.15, -0.1) is 0 Å². The first kappa shape index (κ1) is 29.8. The fraction of sp³-hybridized carbons (Fsp3) is 0. The maximum atomic E-state index is 12.0. The van der Waals surface area contributed by atoms with E-state index in [9.17, 15) is 5.11 Å². The third-order valence-electron chi connectivity index (χ3n) is 9.81. The Morgan fingerprint density at radius 2 is 0.981 bits per heavy atom. The summed E-state index contributed by atoms with van der Waals surface area (Å²) in [7, 11) is 0. The maximum absolute atomic E-state index is 12.0. The average molecular weight is 668 g/mol. The Morgan fingerprint density at radius 3 is 1.77 bits per heavy atom. The van der Waals surface area contributed by atoms with Crippen molar-refractivity contribution in [1.29, 1.82) is 0 Å². The van der Waals surface area contributed by atoms with Crippen molar-refractivity contribution in [3.05, 3.63) is 170 Å². The molecule has 10 aromatic rings. The summed E-state index contributed by atoms with van der Waals surface area (Å²) in [5.74, 6) is 1.66. The summed E-state index contributed by atoms with van der Waals surface area (Å²) in [4.78, 5) is 15.5. The molecule has 5 nitrogen and oxygen atoms in total. The number of phenolic OH excluding ortho intramolecular Hbond substituents is 1. The number of aromatic nitrogens is 3. The van der Waals surface area contributed by atoms with Crippen molar-refractivity contribution < 1.29 is 9.52 Å². The second-order valence-corrected chi connectivity index (χ2v) is 12.9. The number of rotatable bonds is 5. The molecule has 0 aliphatic rings. The lowest BCUT2D eigenvalue weighted by Gasteiger charge is -2.16. The zero-order valence-electron chi connectivity index (χ0n) is 27.9. The van der Waals surface area contributed by atoms with Gasteiger partial charge in [0.25, 0.3) is 0 Å². The Kier molecular flexibility index (Phi) is 6.89. The molecule has 0 aliphatic carbocycles. The second kappa shape index (κ2) is 12.0. The van der Waals surface area contributed by atoms with E-state index in [1.165, 1.54) is 5.39 Å². The number of phenols is 1. The Bertz CT molecular complexity index is 2970. The Hall–Kier alpha value is -7.11. The van der Waals surface area contributed by atoms with Crippen molar-refractivity contribution in [2.45, 2.75) is 0 Å². The van der Waals surface area contributed by atoms with Crippen LogP contribution >= 0.6 is 0 Å². The zero-order valence-corrected chi connectivity index (χ0v) is 27.9. The summed E-state index contributed by atoms with van der Waals surface area (Å²) in [6, 6.07) is 56.9. The maximum Gasteiger partial charge on any atom is 0.164 e. The number of furan rings is 1. The van der Waals surface area contributed by atoms with Gasteiger partial charge in [0.05, 0.1) is 0 Å². The molecule has 0 fully saturated rings. The molecule has 2 heterocycles. The third-order valence-corrected chi connectivity index (χ3v) is 9.81. The lowest BCUT2D eigenvalue weighted by molar-refractivity contribution is 0.477. The van der Waals surface area contributed by atoms with Gasteiger partial charge >= 0.3 is 0 Å². The van der Waals surface area contributed by atoms with Gasteiger partial charge in [-0.2, -0.15) is 0 Å². The van der Waals surface area contributed by atoms with Crippen LogP contribution in [0, 0.1) is 0 Å². The number of aromatic hydroxyl groups is 1. The van der Waals surface area contributed by atoms with E-state index < -0.39 is 0 Å². The van der Waals surface area contributed by atoms with Crippen molar-refractivity contribution in [2.24, 2.45) is 0 Å². The third kappa shape index (κ3) is 4.90. The van der Waals surface area contributed by atoms with Crippen molar-refractivity contribution in [3.8, 4) is 62.2 Å². The Morgan fingerprint density at radius 1 is 0.385 bits per heavy atom. The molecule has 8 aromatic carbocycles. The first-order chi connectivity index (χ1) is 25.7. The quantitative estimate of drug-likeness (QED) is 0.185. The van der Waals surface area contributed by atoms with Crippen molar-refractivity contribution >= 4 is 43.5 Å². The molecule has 0 aliphatic heterocycles. The van der Waals surface area contributed by atoms with Gasteiger partial charge in [-0.1, -0.05) is 146 Å². The molecule has 0 unspecified atom stereocenters. The molecular formula is C47H29N3O2. The van der Waals surface area contributed by atoms with Crippen LogP contribution < -0.4 is 0 Å². The predicted octanol–water partition coefficient (Wildman–Crippen LogP) is 12.1. The van der Waals surface area contributed by atoms with Crippen LogP contribution in [-0.2, 0) is 0 Å². The van der Waals surface area contributed by atoms with Crippen molar-refractivity contribution in [3.63, 3.8) is 0 Å². The molecule has 0 radical (unpaired) electrons. The minimum Gasteiger partial charge on any atom is -0.507 e. The highest BCUT2D eigenvalue weighted by molar-refractivity contribution is 6.13. The standard InChI is InChI=1S/C47H29N3O2/c51-41-28-32(34-23-13-24-38-37-22-11-12-25-42(37)52-44(34)38)27-40(43(41)29-14-3-1-4-15-29)47-49-45(30-16-5-2-6-17-30)48-46(50-47)39-26-31-18-7-8-19-33(31)35-20-9-10-21-36(35)39/h1-28,51H. The minimum absolute atomic E-state index is 0.117. The molecule has 0 bridgehead atoms. The highest BCUT2D eigenvalue weighted by Gasteiger charge is 2.22. The molecule has 52 heavy (non-hydrogen) atoms. The number of hydrogen-bond donors (Lipinski definition) is 1. The van der Waals surface area contributed by atoms with E-state index in [1.807, 2.05) is 97.1 Å². The van der Waals surface area contributed by atoms with Gasteiger partial charge in [-0.05, 0) is 56.9 Å². The van der Waals surface area contributed by atoms with Crippen molar-refractivity contribution in [1.82, 2.24) is 15.0 Å². The summed E-state index contributed by atoms with van der Waals surface area (Å²) in [5.41, 5.74) is 7.16. The largest absolute Gasteiger partial charge is 0.507 e. The lowest BCUT2D eigenvalue weighted by atomic mass is 9.92. The SMILES string of the molecule is Oc1cc(-c2cccc3c2oc2ccccc23)cc(-c2nc(-c3ccccc3)nc(-c3cc4ccccc4c4ccccc34)n2)c1-c1ccccc1. The van der Waals surface area contributed by atoms with Gasteiger partial charge in [0.1, 0.15) is 16.9 Å². The molecule has 0 atom stereocenters. The van der Waals surface area contributed by atoms with Gasteiger partial charge in [0.2, 0.25) is 0 Å². The highest BCUT2D eigenvalue weighted by Crippen LogP contribution is 2.44. The van der Waals surface area contributed by atoms with E-state index in [0.717, 1.165) is 65.9 Å². The van der Waals surface area contributed by atoms with Crippen LogP contribution in [0.4, 0.5) is 0 Å². The van der Waals surface area contributed by atoms with Crippen LogP contribution in [0.1, 0.15) is 0 Å². The minimum atomic E-state index is 0.117. The molecule has 0 saturated carbocycles. The van der Waals surface area contributed by atoms with Gasteiger partial charge in [0.15, 0.2) is 17.5 Å². The first-order valence-corrected chi connectivity index (χ1v) is 17.3. The number of benzene rings is 8. The summed E-state index contributed by atoms with van der Waals surface area (Å²) in [6.07, 6.45) is 0. The van der Waals surface area contributed by atoms with E-state index in [0.29, 0.717) is 28.6 Å². The fourth-order valence-electron chi connectivity index (χ4n) is 7.41. The van der Waals surface area contributed by atoms with Crippen LogP contribution in [-0.4, -0.2) is 20.1 Å². The van der Waals surface area contributed by atoms with Crippen LogP contribution in [0.25, 0.3) is 99.9 Å². The molecule has 1 N–H and O–H groups in total. The van der Waals surface area contributed by atoms with E-state index in [-0.39, 0.29) is 5.75 Å². The highest BCUT2D eigenvalue weighted by atomic mass is 16.3. The number of para-hydroxylation sites is 2. The summed E-state index contributed by atoms with van der Waals surface area (Å²) >= 11 is 0. The molecule has 10 rings (SSSR count). The molecule has 2 aromatic heterocycles. The van der Waals surface area contributed by atoms with E-state index in [2.05, 4.69) is 72.8 Å². The molecule has 0 amide bonds. The molecule has 5 heteroatoms. The normalized spacial score (nSPS) is 11.5. The van der Waals surface area contributed by atoms with Gasteiger partial charge < -0.3 is 9.52 Å². The topological polar surface area (TPSA) is 72.0 Å². The Balaban J connectivity index is 1.28. The number of fused-ring (bicyclic) bond motifs is 6. The van der Waals surface area contributed by atoms with Gasteiger partial charge in [-0.25, -0.2) is 15.0 Å². The lowest BCUT2D eigenvalue weighted by Crippen LogP contribution is -2.02. The molecule has 0 spiro atoms. The van der Waals surface area contributed by atoms with Crippen LogP contribution in [0.3, 0.4) is 0 Å². The van der Waals surface area contributed by atoms with E-state index in [4.69, 9.17) is 19.4 Å². The summed E-state index contributed by atoms with van der Waals surface area (Å²) < 4.78 is 6.45. The fourth-order valence-corrected chi connectivity index (χ4v) is 7.41. The predicted molar refractivity (Wildman–Crippen MR) is 211 cm³/mol. The van der Waals surface area contributed by atoms with Crippen molar-refractivity contribution in [2.75, 3.05) is 0 Å². The number of nitrogens with zero attached hydrogens (tertiary/aromatic N) is 3. The second-order valence-electron chi connectivity index (χ2n) is 12.9. The van der Waals surface area contributed by atoms with E-state index in [1.54, 1.807) is 0 Å². The van der Waals surface area contributed by atoms with Crippen LogP contribution in [0.5, 0.6) is 5.75 Å². The molecule has 244 valence electrons. The molecular weight excluding hydrogens is 639 g/mol. The monoisotopic (exact) mass is 667 g/mol. The average Bonchev–Trinajstić information content (AvgIpc) is 3.60. The Labute approximate surface area is 299 Å². The number of hydrogen-bond acceptors (Lipinski definition) is 5. The smallest absolute Gasteiger partial charge is 0.164 e. The van der Waals surface area contributed by atoms with Gasteiger partial charge in [-0.3, -0.25) is 0 Å². The summed E-state index contributed by atoms with van der Waals surface area (Å²) in [5, 5.41) is 18.5. The first-order valence-electron chi connectivity index (χ1n) is 17.3. The van der Waals surface area contributed by atoms with Gasteiger partial charge in [0, 0.05) is 38.6 Å².